The molecule has 0 aliphatic rings. The molecule has 0 aromatic carbocycles. The maximum absolute atomic E-state index is 5.79. The van der Waals surface area contributed by atoms with Crippen LogP contribution in [0.1, 0.15) is 12.6 Å². The Morgan fingerprint density at radius 2 is 2.45 bits per heavy atom. The average molecular weight is 174 g/mol. The number of aromatic nitrogens is 2. The van der Waals surface area contributed by atoms with Gasteiger partial charge in [-0.05, 0) is 13.8 Å². The molecule has 0 aliphatic heterocycles. The van der Waals surface area contributed by atoms with Crippen molar-refractivity contribution < 1.29 is 0 Å². The Kier molecular flexibility index (Phi) is 2.52. The van der Waals surface area contributed by atoms with E-state index in [2.05, 4.69) is 5.10 Å². The van der Waals surface area contributed by atoms with Gasteiger partial charge in [0.1, 0.15) is 0 Å². The lowest BCUT2D eigenvalue weighted by Gasteiger charge is -2.06. The van der Waals surface area contributed by atoms with Crippen LogP contribution in [-0.4, -0.2) is 15.8 Å². The minimum absolute atomic E-state index is 0.115. The smallest absolute Gasteiger partial charge is 0.0814 e. The quantitative estimate of drug-likeness (QED) is 0.730. The standard InChI is InChI=1S/C7H12ClN3/c1-5(9)4-11-6(2)7(8)3-10-11/h3,5H,4,9H2,1-2H3. The lowest BCUT2D eigenvalue weighted by Crippen LogP contribution is -2.23. The summed E-state index contributed by atoms with van der Waals surface area (Å²) in [5.41, 5.74) is 6.57. The van der Waals surface area contributed by atoms with Gasteiger partial charge in [-0.2, -0.15) is 5.10 Å². The fourth-order valence-electron chi connectivity index (χ4n) is 0.881. The van der Waals surface area contributed by atoms with Gasteiger partial charge in [0.15, 0.2) is 0 Å². The van der Waals surface area contributed by atoms with Crippen LogP contribution in [0.15, 0.2) is 6.20 Å². The Bertz CT molecular complexity index is 242. The molecule has 4 heteroatoms. The molecule has 2 N–H and O–H groups in total. The molecule has 1 unspecified atom stereocenters. The summed E-state index contributed by atoms with van der Waals surface area (Å²) in [7, 11) is 0. The summed E-state index contributed by atoms with van der Waals surface area (Å²) in [4.78, 5) is 0. The zero-order valence-electron chi connectivity index (χ0n) is 6.71. The molecule has 3 nitrogen and oxygen atoms in total. The van der Waals surface area contributed by atoms with Gasteiger partial charge in [-0.15, -0.1) is 0 Å². The molecule has 1 heterocycles. The monoisotopic (exact) mass is 173 g/mol. The van der Waals surface area contributed by atoms with Gasteiger partial charge in [0.05, 0.1) is 23.5 Å². The third-order valence-electron chi connectivity index (χ3n) is 1.50. The minimum Gasteiger partial charge on any atom is -0.326 e. The van der Waals surface area contributed by atoms with Crippen molar-refractivity contribution in [2.45, 2.75) is 26.4 Å². The Morgan fingerprint density at radius 3 is 2.82 bits per heavy atom. The third kappa shape index (κ3) is 1.94. The van der Waals surface area contributed by atoms with E-state index < -0.39 is 0 Å². The number of hydrogen-bond donors (Lipinski definition) is 1. The van der Waals surface area contributed by atoms with Crippen molar-refractivity contribution in [3.8, 4) is 0 Å². The first-order chi connectivity index (χ1) is 5.11. The fraction of sp³-hybridized carbons (Fsp3) is 0.571. The highest BCUT2D eigenvalue weighted by Crippen LogP contribution is 2.12. The van der Waals surface area contributed by atoms with Gasteiger partial charge in [-0.1, -0.05) is 11.6 Å². The second-order valence-electron chi connectivity index (χ2n) is 2.74. The SMILES string of the molecule is Cc1c(Cl)cnn1CC(C)N. The van der Waals surface area contributed by atoms with E-state index >= 15 is 0 Å². The molecule has 11 heavy (non-hydrogen) atoms. The van der Waals surface area contributed by atoms with Crippen molar-refractivity contribution in [3.63, 3.8) is 0 Å². The van der Waals surface area contributed by atoms with Crippen molar-refractivity contribution in [3.05, 3.63) is 16.9 Å². The van der Waals surface area contributed by atoms with Gasteiger partial charge in [0, 0.05) is 6.04 Å². The van der Waals surface area contributed by atoms with Crippen LogP contribution in [0, 0.1) is 6.92 Å². The van der Waals surface area contributed by atoms with Crippen molar-refractivity contribution in [2.24, 2.45) is 5.73 Å². The summed E-state index contributed by atoms with van der Waals surface area (Å²) in [6.07, 6.45) is 1.64. The molecular weight excluding hydrogens is 162 g/mol. The summed E-state index contributed by atoms with van der Waals surface area (Å²) >= 11 is 5.79. The van der Waals surface area contributed by atoms with Crippen LogP contribution in [0.5, 0.6) is 0 Å². The Labute approximate surface area is 71.1 Å². The number of nitrogens with two attached hydrogens (primary N) is 1. The number of halogens is 1. The Hall–Kier alpha value is -0.540. The molecule has 62 valence electrons. The van der Waals surface area contributed by atoms with E-state index in [4.69, 9.17) is 17.3 Å². The highest BCUT2D eigenvalue weighted by molar-refractivity contribution is 6.31. The van der Waals surface area contributed by atoms with E-state index in [1.807, 2.05) is 18.5 Å². The van der Waals surface area contributed by atoms with Crippen LogP contribution >= 0.6 is 11.6 Å². The number of hydrogen-bond acceptors (Lipinski definition) is 2. The largest absolute Gasteiger partial charge is 0.326 e. The maximum atomic E-state index is 5.79. The van der Waals surface area contributed by atoms with Crippen LogP contribution in [0.4, 0.5) is 0 Å². The molecule has 0 saturated carbocycles. The zero-order chi connectivity index (χ0) is 8.43. The van der Waals surface area contributed by atoms with Crippen molar-refractivity contribution in [1.29, 1.82) is 0 Å². The lowest BCUT2D eigenvalue weighted by molar-refractivity contribution is 0.528. The molecule has 0 saturated heterocycles. The van der Waals surface area contributed by atoms with Crippen molar-refractivity contribution in [1.82, 2.24) is 9.78 Å². The van der Waals surface area contributed by atoms with E-state index in [0.29, 0.717) is 5.02 Å². The summed E-state index contributed by atoms with van der Waals surface area (Å²) in [5.74, 6) is 0. The average Bonchev–Trinajstić information content (AvgIpc) is 2.18. The second-order valence-corrected chi connectivity index (χ2v) is 3.14. The highest BCUT2D eigenvalue weighted by Gasteiger charge is 2.04. The number of nitrogens with zero attached hydrogens (tertiary/aromatic N) is 2. The van der Waals surface area contributed by atoms with Gasteiger partial charge in [0.25, 0.3) is 0 Å². The van der Waals surface area contributed by atoms with E-state index in [9.17, 15) is 0 Å². The van der Waals surface area contributed by atoms with E-state index in [-0.39, 0.29) is 6.04 Å². The summed E-state index contributed by atoms with van der Waals surface area (Å²) < 4.78 is 1.81. The van der Waals surface area contributed by atoms with Crippen LogP contribution in [-0.2, 0) is 6.54 Å². The van der Waals surface area contributed by atoms with Gasteiger partial charge in [-0.25, -0.2) is 0 Å². The predicted octanol–water partition coefficient (Wildman–Crippen LogP) is 1.19. The zero-order valence-corrected chi connectivity index (χ0v) is 7.47. The van der Waals surface area contributed by atoms with E-state index in [1.165, 1.54) is 0 Å². The molecule has 0 fully saturated rings. The normalized spacial score (nSPS) is 13.5. The predicted molar refractivity (Wildman–Crippen MR) is 45.6 cm³/mol. The molecule has 1 rings (SSSR count). The molecule has 0 amide bonds. The first-order valence-corrected chi connectivity index (χ1v) is 3.92. The molecule has 0 bridgehead atoms. The third-order valence-corrected chi connectivity index (χ3v) is 1.88. The topological polar surface area (TPSA) is 43.8 Å². The fourth-order valence-corrected chi connectivity index (χ4v) is 1.02. The summed E-state index contributed by atoms with van der Waals surface area (Å²) in [6, 6.07) is 0.115. The molecular formula is C7H12ClN3. The van der Waals surface area contributed by atoms with Gasteiger partial charge < -0.3 is 5.73 Å². The molecule has 1 atom stereocenters. The van der Waals surface area contributed by atoms with Gasteiger partial charge >= 0.3 is 0 Å². The molecule has 0 spiro atoms. The molecule has 0 radical (unpaired) electrons. The molecule has 1 aromatic heterocycles. The van der Waals surface area contributed by atoms with E-state index in [1.54, 1.807) is 6.20 Å². The Morgan fingerprint density at radius 1 is 1.82 bits per heavy atom. The number of rotatable bonds is 2. The summed E-state index contributed by atoms with van der Waals surface area (Å²) in [5, 5.41) is 4.76. The second kappa shape index (κ2) is 3.24. The maximum Gasteiger partial charge on any atom is 0.0814 e. The Balaban J connectivity index is 2.79. The molecule has 0 aliphatic carbocycles. The minimum atomic E-state index is 0.115. The van der Waals surface area contributed by atoms with Crippen molar-refractivity contribution >= 4 is 11.6 Å². The van der Waals surface area contributed by atoms with Crippen LogP contribution < -0.4 is 5.73 Å². The van der Waals surface area contributed by atoms with Crippen LogP contribution in [0.25, 0.3) is 0 Å². The van der Waals surface area contributed by atoms with Crippen LogP contribution in [0.3, 0.4) is 0 Å². The summed E-state index contributed by atoms with van der Waals surface area (Å²) in [6.45, 7) is 4.59. The van der Waals surface area contributed by atoms with Gasteiger partial charge in [-0.3, -0.25) is 4.68 Å². The van der Waals surface area contributed by atoms with Crippen LogP contribution in [0.2, 0.25) is 5.02 Å². The lowest BCUT2D eigenvalue weighted by atomic mass is 10.3. The highest BCUT2D eigenvalue weighted by atomic mass is 35.5. The first kappa shape index (κ1) is 8.56. The molecule has 1 aromatic rings. The van der Waals surface area contributed by atoms with E-state index in [0.717, 1.165) is 12.2 Å². The first-order valence-electron chi connectivity index (χ1n) is 3.54. The van der Waals surface area contributed by atoms with Gasteiger partial charge in [0.2, 0.25) is 0 Å². The van der Waals surface area contributed by atoms with Crippen molar-refractivity contribution in [2.75, 3.05) is 0 Å².